The summed E-state index contributed by atoms with van der Waals surface area (Å²) in [5.74, 6) is 0.118. The maximum absolute atomic E-state index is 12.4. The highest BCUT2D eigenvalue weighted by Crippen LogP contribution is 2.12. The molecular weight excluding hydrogens is 292 g/mol. The maximum atomic E-state index is 12.4. The van der Waals surface area contributed by atoms with Crippen molar-refractivity contribution >= 4 is 22.5 Å². The Bertz CT molecular complexity index is 947. The summed E-state index contributed by atoms with van der Waals surface area (Å²) in [6, 6.07) is 10.8. The summed E-state index contributed by atoms with van der Waals surface area (Å²) in [4.78, 5) is 28.6. The van der Waals surface area contributed by atoms with Crippen LogP contribution in [0.1, 0.15) is 11.3 Å². The molecule has 0 saturated heterocycles. The van der Waals surface area contributed by atoms with E-state index in [0.717, 1.165) is 10.9 Å². The van der Waals surface area contributed by atoms with E-state index in [2.05, 4.69) is 15.4 Å². The second-order valence-corrected chi connectivity index (χ2v) is 5.36. The van der Waals surface area contributed by atoms with Gasteiger partial charge in [0.25, 0.3) is 5.56 Å². The molecule has 1 aromatic carbocycles. The van der Waals surface area contributed by atoms with Crippen molar-refractivity contribution in [2.45, 2.75) is 20.4 Å². The predicted octanol–water partition coefficient (Wildman–Crippen LogP) is 2.05. The minimum atomic E-state index is -0.340. The Morgan fingerprint density at radius 1 is 1.17 bits per heavy atom. The topological polar surface area (TPSA) is 76.9 Å². The number of benzene rings is 1. The van der Waals surface area contributed by atoms with Gasteiger partial charge in [-0.3, -0.25) is 9.59 Å². The Labute approximate surface area is 132 Å². The minimum Gasteiger partial charge on any atom is -0.309 e. The zero-order valence-corrected chi connectivity index (χ0v) is 12.9. The number of amides is 1. The fourth-order valence-electron chi connectivity index (χ4n) is 2.43. The molecule has 0 unspecified atom stereocenters. The highest BCUT2D eigenvalue weighted by Gasteiger charge is 2.11. The van der Waals surface area contributed by atoms with Crippen LogP contribution in [0.2, 0.25) is 0 Å². The predicted molar refractivity (Wildman–Crippen MR) is 88.3 cm³/mol. The van der Waals surface area contributed by atoms with E-state index in [0.29, 0.717) is 16.9 Å². The van der Waals surface area contributed by atoms with Gasteiger partial charge in [-0.2, -0.15) is 5.10 Å². The van der Waals surface area contributed by atoms with Crippen LogP contribution >= 0.6 is 0 Å². The molecule has 116 valence electrons. The number of aromatic nitrogens is 3. The first kappa shape index (κ1) is 14.9. The molecule has 0 saturated carbocycles. The van der Waals surface area contributed by atoms with Gasteiger partial charge >= 0.3 is 0 Å². The Hall–Kier alpha value is -3.02. The summed E-state index contributed by atoms with van der Waals surface area (Å²) in [5, 5.41) is 8.26. The van der Waals surface area contributed by atoms with Crippen molar-refractivity contribution in [1.82, 2.24) is 14.8 Å². The number of carbonyl (C=O) groups is 1. The lowest BCUT2D eigenvalue weighted by Crippen LogP contribution is -2.30. The van der Waals surface area contributed by atoms with Gasteiger partial charge in [0.05, 0.1) is 11.1 Å². The van der Waals surface area contributed by atoms with Gasteiger partial charge in [-0.25, -0.2) is 9.67 Å². The van der Waals surface area contributed by atoms with Crippen LogP contribution in [-0.2, 0) is 11.3 Å². The van der Waals surface area contributed by atoms with Crippen molar-refractivity contribution < 1.29 is 4.79 Å². The Balaban J connectivity index is 1.88. The van der Waals surface area contributed by atoms with Crippen LogP contribution in [-0.4, -0.2) is 20.7 Å². The third kappa shape index (κ3) is 3.11. The molecule has 6 nitrogen and oxygen atoms in total. The van der Waals surface area contributed by atoms with E-state index in [1.165, 1.54) is 4.68 Å². The average Bonchev–Trinajstić information content (AvgIpc) is 2.52. The van der Waals surface area contributed by atoms with Crippen LogP contribution in [0.4, 0.5) is 5.82 Å². The summed E-state index contributed by atoms with van der Waals surface area (Å²) in [7, 11) is 0. The molecule has 1 amide bonds. The minimum absolute atomic E-state index is 0.153. The molecule has 0 spiro atoms. The van der Waals surface area contributed by atoms with E-state index in [1.54, 1.807) is 24.4 Å². The van der Waals surface area contributed by atoms with E-state index >= 15 is 0 Å². The summed E-state index contributed by atoms with van der Waals surface area (Å²) < 4.78 is 1.18. The second-order valence-electron chi connectivity index (χ2n) is 5.36. The number of anilines is 1. The molecule has 23 heavy (non-hydrogen) atoms. The van der Waals surface area contributed by atoms with E-state index in [1.807, 2.05) is 32.0 Å². The van der Waals surface area contributed by atoms with Crippen LogP contribution in [0.5, 0.6) is 0 Å². The van der Waals surface area contributed by atoms with Crippen LogP contribution in [0.3, 0.4) is 0 Å². The lowest BCUT2D eigenvalue weighted by atomic mass is 10.1. The number of aryl methyl sites for hydroxylation is 2. The average molecular weight is 308 g/mol. The number of hydrogen-bond acceptors (Lipinski definition) is 4. The normalized spacial score (nSPS) is 10.7. The Kier molecular flexibility index (Phi) is 3.89. The quantitative estimate of drug-likeness (QED) is 0.803. The largest absolute Gasteiger partial charge is 0.309 e. The van der Waals surface area contributed by atoms with Crippen molar-refractivity contribution in [3.05, 3.63) is 64.2 Å². The first-order chi connectivity index (χ1) is 11.0. The smallest absolute Gasteiger partial charge is 0.275 e. The third-order valence-electron chi connectivity index (χ3n) is 3.53. The highest BCUT2D eigenvalue weighted by atomic mass is 16.2. The molecule has 0 bridgehead atoms. The molecule has 0 atom stereocenters. The second kappa shape index (κ2) is 6.00. The molecule has 2 aromatic heterocycles. The number of nitrogens with zero attached hydrogens (tertiary/aromatic N) is 3. The summed E-state index contributed by atoms with van der Waals surface area (Å²) in [6.07, 6.45) is 1.62. The zero-order chi connectivity index (χ0) is 16.4. The molecule has 6 heteroatoms. The van der Waals surface area contributed by atoms with Crippen LogP contribution in [0.15, 0.2) is 47.4 Å². The van der Waals surface area contributed by atoms with Gasteiger partial charge in [0.2, 0.25) is 5.91 Å². The lowest BCUT2D eigenvalue weighted by Gasteiger charge is -2.09. The third-order valence-corrected chi connectivity index (χ3v) is 3.53. The van der Waals surface area contributed by atoms with Crippen molar-refractivity contribution in [2.75, 3.05) is 5.32 Å². The summed E-state index contributed by atoms with van der Waals surface area (Å²) in [6.45, 7) is 3.58. The van der Waals surface area contributed by atoms with Crippen LogP contribution < -0.4 is 10.9 Å². The van der Waals surface area contributed by atoms with Gasteiger partial charge in [0.1, 0.15) is 12.4 Å². The monoisotopic (exact) mass is 308 g/mol. The highest BCUT2D eigenvalue weighted by molar-refractivity contribution is 5.90. The van der Waals surface area contributed by atoms with Crippen molar-refractivity contribution in [3.63, 3.8) is 0 Å². The van der Waals surface area contributed by atoms with Crippen molar-refractivity contribution in [2.24, 2.45) is 0 Å². The number of pyridine rings is 1. The van der Waals surface area contributed by atoms with Crippen LogP contribution in [0.25, 0.3) is 10.8 Å². The Morgan fingerprint density at radius 3 is 2.65 bits per heavy atom. The van der Waals surface area contributed by atoms with Crippen molar-refractivity contribution in [1.29, 1.82) is 0 Å². The number of nitrogens with one attached hydrogen (secondary N) is 1. The SMILES string of the molecule is Cc1ccnc(NC(=O)Cn2nc(C)c3ccccc3c2=O)c1. The van der Waals surface area contributed by atoms with Crippen LogP contribution in [0, 0.1) is 13.8 Å². The molecule has 0 aliphatic rings. The van der Waals surface area contributed by atoms with Gasteiger partial charge in [0.15, 0.2) is 0 Å². The fraction of sp³-hybridized carbons (Fsp3) is 0.176. The van der Waals surface area contributed by atoms with Gasteiger partial charge in [-0.1, -0.05) is 18.2 Å². The molecule has 2 heterocycles. The first-order valence-corrected chi connectivity index (χ1v) is 7.23. The molecule has 0 aliphatic heterocycles. The lowest BCUT2D eigenvalue weighted by molar-refractivity contribution is -0.117. The van der Waals surface area contributed by atoms with E-state index in [-0.39, 0.29) is 18.0 Å². The van der Waals surface area contributed by atoms with E-state index in [4.69, 9.17) is 0 Å². The van der Waals surface area contributed by atoms with Gasteiger partial charge < -0.3 is 5.32 Å². The van der Waals surface area contributed by atoms with Crippen molar-refractivity contribution in [3.8, 4) is 0 Å². The first-order valence-electron chi connectivity index (χ1n) is 7.23. The number of rotatable bonds is 3. The molecule has 1 N–H and O–H groups in total. The standard InChI is InChI=1S/C17H16N4O2/c1-11-7-8-18-15(9-11)19-16(22)10-21-17(23)14-6-4-3-5-13(14)12(2)20-21/h3-9H,10H2,1-2H3,(H,18,19,22). The fourth-order valence-corrected chi connectivity index (χ4v) is 2.43. The molecule has 0 aliphatic carbocycles. The Morgan fingerprint density at radius 2 is 1.91 bits per heavy atom. The number of hydrogen-bond donors (Lipinski definition) is 1. The van der Waals surface area contributed by atoms with Gasteiger partial charge in [0, 0.05) is 11.6 Å². The zero-order valence-electron chi connectivity index (χ0n) is 12.9. The van der Waals surface area contributed by atoms with E-state index in [9.17, 15) is 9.59 Å². The molecule has 0 fully saturated rings. The molecular formula is C17H16N4O2. The number of fused-ring (bicyclic) bond motifs is 1. The van der Waals surface area contributed by atoms with Gasteiger partial charge in [-0.15, -0.1) is 0 Å². The molecule has 3 rings (SSSR count). The molecule has 0 radical (unpaired) electrons. The van der Waals surface area contributed by atoms with E-state index < -0.39 is 0 Å². The van der Waals surface area contributed by atoms with Gasteiger partial charge in [-0.05, 0) is 37.6 Å². The number of carbonyl (C=O) groups excluding carboxylic acids is 1. The molecule has 3 aromatic rings. The maximum Gasteiger partial charge on any atom is 0.275 e. The summed E-state index contributed by atoms with van der Waals surface area (Å²) >= 11 is 0. The summed E-state index contributed by atoms with van der Waals surface area (Å²) in [5.41, 5.74) is 1.42.